The molecule has 6 nitrogen and oxygen atoms in total. The fourth-order valence-corrected chi connectivity index (χ4v) is 3.10. The van der Waals surface area contributed by atoms with Crippen LogP contribution in [-0.2, 0) is 9.53 Å². The summed E-state index contributed by atoms with van der Waals surface area (Å²) in [7, 11) is 0. The van der Waals surface area contributed by atoms with Crippen molar-refractivity contribution in [3.63, 3.8) is 0 Å². The summed E-state index contributed by atoms with van der Waals surface area (Å²) >= 11 is 5.31. The first kappa shape index (κ1) is 16.6. The topological polar surface area (TPSA) is 68.8 Å². The summed E-state index contributed by atoms with van der Waals surface area (Å²) in [6.45, 7) is 4.37. The second-order valence-corrected chi connectivity index (χ2v) is 5.92. The van der Waals surface area contributed by atoms with Gasteiger partial charge in [0.1, 0.15) is 0 Å². The molecular weight excluding hydrogens is 328 g/mol. The average molecular weight is 348 g/mol. The van der Waals surface area contributed by atoms with Gasteiger partial charge in [0.15, 0.2) is 16.6 Å². The Morgan fingerprint density at radius 2 is 2.12 bits per heavy atom. The number of carbonyl (C=O) groups is 1. The van der Waals surface area contributed by atoms with Crippen LogP contribution < -0.4 is 20.1 Å². The lowest BCUT2D eigenvalue weighted by Gasteiger charge is -2.31. The Bertz CT molecular complexity index is 702. The van der Waals surface area contributed by atoms with E-state index in [2.05, 4.69) is 17.6 Å². The van der Waals surface area contributed by atoms with Crippen molar-refractivity contribution in [3.8, 4) is 11.5 Å². The maximum atomic E-state index is 12.5. The van der Waals surface area contributed by atoms with Crippen molar-refractivity contribution in [2.24, 2.45) is 0 Å². The Balaban J connectivity index is 2.03. The van der Waals surface area contributed by atoms with Crippen LogP contribution in [0.25, 0.3) is 0 Å². The number of esters is 1. The van der Waals surface area contributed by atoms with Gasteiger partial charge in [-0.3, -0.25) is 0 Å². The molecule has 0 amide bonds. The highest BCUT2D eigenvalue weighted by molar-refractivity contribution is 7.80. The van der Waals surface area contributed by atoms with Crippen molar-refractivity contribution in [1.82, 2.24) is 10.6 Å². The number of fused-ring (bicyclic) bond motifs is 1. The molecule has 0 saturated carbocycles. The summed E-state index contributed by atoms with van der Waals surface area (Å²) in [6.07, 6.45) is 1.61. The molecule has 1 aromatic rings. The molecular formula is C17H20N2O4S. The lowest BCUT2D eigenvalue weighted by atomic mass is 9.93. The van der Waals surface area contributed by atoms with E-state index in [1.165, 1.54) is 0 Å². The van der Waals surface area contributed by atoms with Gasteiger partial charge < -0.3 is 24.8 Å². The quantitative estimate of drug-likeness (QED) is 0.626. The second kappa shape index (κ2) is 7.09. The molecule has 0 fully saturated rings. The van der Waals surface area contributed by atoms with Crippen LogP contribution in [0.3, 0.4) is 0 Å². The molecule has 0 radical (unpaired) electrons. The zero-order chi connectivity index (χ0) is 17.1. The van der Waals surface area contributed by atoms with Gasteiger partial charge in [-0.05, 0) is 43.3 Å². The van der Waals surface area contributed by atoms with Gasteiger partial charge in [-0.1, -0.05) is 19.4 Å². The van der Waals surface area contributed by atoms with Crippen LogP contribution >= 0.6 is 12.2 Å². The Kier molecular flexibility index (Phi) is 4.89. The fraction of sp³-hybridized carbons (Fsp3) is 0.412. The van der Waals surface area contributed by atoms with Crippen molar-refractivity contribution >= 4 is 23.3 Å². The Labute approximate surface area is 146 Å². The average Bonchev–Trinajstić information content (AvgIpc) is 3.02. The van der Waals surface area contributed by atoms with Crippen LogP contribution in [0.4, 0.5) is 0 Å². The molecule has 0 unspecified atom stereocenters. The van der Waals surface area contributed by atoms with Gasteiger partial charge in [-0.25, -0.2) is 4.79 Å². The summed E-state index contributed by atoms with van der Waals surface area (Å²) < 4.78 is 16.1. The van der Waals surface area contributed by atoms with E-state index >= 15 is 0 Å². The van der Waals surface area contributed by atoms with E-state index in [1.807, 2.05) is 18.2 Å². The van der Waals surface area contributed by atoms with Crippen molar-refractivity contribution in [3.05, 3.63) is 35.0 Å². The molecule has 1 atom stereocenters. The molecule has 128 valence electrons. The lowest BCUT2D eigenvalue weighted by molar-refractivity contribution is -0.139. The third-order valence-electron chi connectivity index (χ3n) is 3.88. The van der Waals surface area contributed by atoms with Gasteiger partial charge in [-0.15, -0.1) is 0 Å². The van der Waals surface area contributed by atoms with E-state index < -0.39 is 0 Å². The third-order valence-corrected chi connectivity index (χ3v) is 4.10. The largest absolute Gasteiger partial charge is 0.463 e. The van der Waals surface area contributed by atoms with Crippen LogP contribution in [0, 0.1) is 0 Å². The van der Waals surface area contributed by atoms with E-state index in [1.54, 1.807) is 6.92 Å². The van der Waals surface area contributed by atoms with E-state index in [0.29, 0.717) is 28.8 Å². The van der Waals surface area contributed by atoms with E-state index in [4.69, 9.17) is 26.4 Å². The summed E-state index contributed by atoms with van der Waals surface area (Å²) in [4.78, 5) is 12.5. The van der Waals surface area contributed by atoms with E-state index in [9.17, 15) is 4.79 Å². The number of benzene rings is 1. The first-order chi connectivity index (χ1) is 11.6. The number of ether oxygens (including phenoxy) is 3. The summed E-state index contributed by atoms with van der Waals surface area (Å²) in [5, 5.41) is 6.76. The standard InChI is InChI=1S/C17H20N2O4S/c1-3-5-11-14(16(20)21-4-2)15(19-17(24)18-11)10-6-7-12-13(8-10)23-9-22-12/h6-8,15H,3-5,9H2,1-2H3,(H2,18,19,24)/t15-/m1/s1. The molecule has 0 saturated heterocycles. The molecule has 24 heavy (non-hydrogen) atoms. The third kappa shape index (κ3) is 3.17. The number of carbonyl (C=O) groups excluding carboxylic acids is 1. The molecule has 1 aromatic carbocycles. The molecule has 0 spiro atoms. The number of allylic oxidation sites excluding steroid dienone is 1. The highest BCUT2D eigenvalue weighted by atomic mass is 32.1. The van der Waals surface area contributed by atoms with Crippen molar-refractivity contribution < 1.29 is 19.0 Å². The minimum atomic E-state index is -0.381. The highest BCUT2D eigenvalue weighted by Crippen LogP contribution is 2.37. The fourth-order valence-electron chi connectivity index (χ4n) is 2.86. The van der Waals surface area contributed by atoms with Gasteiger partial charge >= 0.3 is 5.97 Å². The summed E-state index contributed by atoms with van der Waals surface area (Å²) in [6, 6.07) is 5.24. The molecule has 2 aliphatic heterocycles. The van der Waals surface area contributed by atoms with Crippen LogP contribution in [0.2, 0.25) is 0 Å². The molecule has 0 bridgehead atoms. The Morgan fingerprint density at radius 3 is 2.88 bits per heavy atom. The number of hydrogen-bond acceptors (Lipinski definition) is 5. The van der Waals surface area contributed by atoms with Crippen LogP contribution in [-0.4, -0.2) is 24.5 Å². The lowest BCUT2D eigenvalue weighted by Crippen LogP contribution is -2.45. The maximum absolute atomic E-state index is 12.5. The predicted octanol–water partition coefficient (Wildman–Crippen LogP) is 2.55. The minimum absolute atomic E-state index is 0.207. The molecule has 0 aliphatic carbocycles. The van der Waals surface area contributed by atoms with E-state index in [0.717, 1.165) is 24.1 Å². The molecule has 0 aromatic heterocycles. The predicted molar refractivity (Wildman–Crippen MR) is 92.7 cm³/mol. The Morgan fingerprint density at radius 1 is 1.33 bits per heavy atom. The normalized spacial score (nSPS) is 18.9. The first-order valence-electron chi connectivity index (χ1n) is 8.01. The minimum Gasteiger partial charge on any atom is -0.463 e. The van der Waals surface area contributed by atoms with E-state index in [-0.39, 0.29) is 18.8 Å². The molecule has 7 heteroatoms. The molecule has 3 rings (SSSR count). The van der Waals surface area contributed by atoms with Gasteiger partial charge in [0.25, 0.3) is 0 Å². The molecule has 2 aliphatic rings. The van der Waals surface area contributed by atoms with Crippen molar-refractivity contribution in [1.29, 1.82) is 0 Å². The smallest absolute Gasteiger partial charge is 0.338 e. The monoisotopic (exact) mass is 348 g/mol. The Hall–Kier alpha value is -2.28. The van der Waals surface area contributed by atoms with Gasteiger partial charge in [0.05, 0.1) is 18.2 Å². The first-order valence-corrected chi connectivity index (χ1v) is 8.42. The summed E-state index contributed by atoms with van der Waals surface area (Å²) in [5.74, 6) is 1.02. The SMILES string of the molecule is CCCC1=C(C(=O)OCC)[C@@H](c2ccc3c(c2)OCO3)NC(=S)N1. The number of rotatable bonds is 5. The number of hydrogen-bond donors (Lipinski definition) is 2. The van der Waals surface area contributed by atoms with Crippen LogP contribution in [0.5, 0.6) is 11.5 Å². The number of thiocarbonyl (C=S) groups is 1. The van der Waals surface area contributed by atoms with Crippen LogP contribution in [0.1, 0.15) is 38.3 Å². The zero-order valence-electron chi connectivity index (χ0n) is 13.7. The molecule has 2 heterocycles. The van der Waals surface area contributed by atoms with Crippen LogP contribution in [0.15, 0.2) is 29.5 Å². The van der Waals surface area contributed by atoms with Crippen molar-refractivity contribution in [2.75, 3.05) is 13.4 Å². The van der Waals surface area contributed by atoms with Crippen molar-refractivity contribution in [2.45, 2.75) is 32.7 Å². The zero-order valence-corrected chi connectivity index (χ0v) is 14.5. The second-order valence-electron chi connectivity index (χ2n) is 5.51. The van der Waals surface area contributed by atoms with Gasteiger partial charge in [-0.2, -0.15) is 0 Å². The number of nitrogens with one attached hydrogen (secondary N) is 2. The highest BCUT2D eigenvalue weighted by Gasteiger charge is 2.32. The summed E-state index contributed by atoms with van der Waals surface area (Å²) in [5.41, 5.74) is 2.24. The molecule has 2 N–H and O–H groups in total. The van der Waals surface area contributed by atoms with Gasteiger partial charge in [0, 0.05) is 5.70 Å². The van der Waals surface area contributed by atoms with Gasteiger partial charge in [0.2, 0.25) is 6.79 Å². The maximum Gasteiger partial charge on any atom is 0.338 e.